The van der Waals surface area contributed by atoms with Gasteiger partial charge in [-0.1, -0.05) is 48.5 Å². The van der Waals surface area contributed by atoms with Gasteiger partial charge in [-0.3, -0.25) is 4.79 Å². The number of aliphatic hydroxyl groups excluding tert-OH is 3. The van der Waals surface area contributed by atoms with Gasteiger partial charge < -0.3 is 41.0 Å². The molecule has 1 aliphatic heterocycles. The summed E-state index contributed by atoms with van der Waals surface area (Å²) >= 11 is 0. The van der Waals surface area contributed by atoms with Gasteiger partial charge in [-0.25, -0.2) is 4.79 Å². The molecule has 10 heteroatoms. The van der Waals surface area contributed by atoms with Crippen LogP contribution in [0.5, 0.6) is 0 Å². The zero-order valence-electron chi connectivity index (χ0n) is 19.0. The maximum absolute atomic E-state index is 12.5. The predicted octanol–water partition coefficient (Wildman–Crippen LogP) is 0.266. The van der Waals surface area contributed by atoms with Gasteiger partial charge in [0.1, 0.15) is 12.2 Å². The molecule has 2 aromatic rings. The van der Waals surface area contributed by atoms with Crippen molar-refractivity contribution in [1.29, 1.82) is 0 Å². The fourth-order valence-electron chi connectivity index (χ4n) is 3.84. The Balaban J connectivity index is 1.63. The van der Waals surface area contributed by atoms with E-state index in [1.54, 1.807) is 24.3 Å². The fraction of sp³-hybridized carbons (Fsp3) is 0.360. The third-order valence-corrected chi connectivity index (χ3v) is 5.84. The summed E-state index contributed by atoms with van der Waals surface area (Å²) in [5.74, 6) is -4.29. The molecule has 188 valence electrons. The van der Waals surface area contributed by atoms with Crippen LogP contribution in [0.3, 0.4) is 0 Å². The zero-order chi connectivity index (χ0) is 25.6. The molecule has 1 heterocycles. The van der Waals surface area contributed by atoms with Crippen molar-refractivity contribution in [1.82, 2.24) is 5.32 Å². The van der Waals surface area contributed by atoms with Gasteiger partial charge in [-0.2, -0.15) is 0 Å². The highest BCUT2D eigenvalue weighted by Gasteiger charge is 2.54. The quantitative estimate of drug-likeness (QED) is 0.258. The fourth-order valence-corrected chi connectivity index (χ4v) is 3.84. The van der Waals surface area contributed by atoms with Crippen molar-refractivity contribution in [3.63, 3.8) is 0 Å². The number of ether oxygens (including phenoxy) is 2. The number of nitrogens with two attached hydrogens (primary N) is 1. The number of carbonyl (C=O) groups is 2. The smallest absolute Gasteiger partial charge is 0.364 e. The number of amides is 1. The minimum absolute atomic E-state index is 0.196. The number of carbonyl (C=O) groups excluding carboxylic acids is 1. The Bertz CT molecular complexity index is 1020. The molecule has 1 fully saturated rings. The van der Waals surface area contributed by atoms with Crippen molar-refractivity contribution in [2.75, 3.05) is 13.2 Å². The van der Waals surface area contributed by atoms with Gasteiger partial charge in [0, 0.05) is 18.5 Å². The number of carboxylic acid groups (broad SMARTS) is 1. The van der Waals surface area contributed by atoms with Crippen molar-refractivity contribution >= 4 is 11.9 Å². The molecule has 0 saturated carbocycles. The van der Waals surface area contributed by atoms with Crippen LogP contribution in [-0.4, -0.2) is 81.7 Å². The number of rotatable bonds is 10. The van der Waals surface area contributed by atoms with Crippen LogP contribution in [0.15, 0.2) is 67.3 Å². The number of aliphatic hydroxyl groups is 3. The third kappa shape index (κ3) is 6.12. The lowest BCUT2D eigenvalue weighted by atomic mass is 9.89. The highest BCUT2D eigenvalue weighted by molar-refractivity contribution is 5.94. The number of aliphatic carboxylic acids is 1. The zero-order valence-corrected chi connectivity index (χ0v) is 19.0. The van der Waals surface area contributed by atoms with Crippen molar-refractivity contribution in [3.05, 3.63) is 72.8 Å². The maximum Gasteiger partial charge on any atom is 0.364 e. The summed E-state index contributed by atoms with van der Waals surface area (Å²) in [7, 11) is 0. The molecule has 35 heavy (non-hydrogen) atoms. The summed E-state index contributed by atoms with van der Waals surface area (Å²) in [4.78, 5) is 24.3. The van der Waals surface area contributed by atoms with Crippen LogP contribution in [-0.2, 0) is 14.3 Å². The third-order valence-electron chi connectivity index (χ3n) is 5.84. The Labute approximate surface area is 202 Å². The van der Waals surface area contributed by atoms with E-state index in [9.17, 15) is 30.0 Å². The van der Waals surface area contributed by atoms with Crippen LogP contribution in [0.2, 0.25) is 0 Å². The Morgan fingerprint density at radius 3 is 2.40 bits per heavy atom. The molecular weight excluding hydrogens is 456 g/mol. The highest BCUT2D eigenvalue weighted by Crippen LogP contribution is 2.32. The maximum atomic E-state index is 12.5. The molecule has 7 N–H and O–H groups in total. The first-order valence-electron chi connectivity index (χ1n) is 11.1. The van der Waals surface area contributed by atoms with Crippen molar-refractivity contribution in [2.45, 2.75) is 42.7 Å². The lowest BCUT2D eigenvalue weighted by molar-refractivity contribution is -0.305. The Hall–Kier alpha value is -3.12. The van der Waals surface area contributed by atoms with E-state index < -0.39 is 54.5 Å². The van der Waals surface area contributed by atoms with Gasteiger partial charge in [0.05, 0.1) is 24.9 Å². The lowest BCUT2D eigenvalue weighted by Crippen LogP contribution is -2.66. The number of hydrogen-bond acceptors (Lipinski definition) is 8. The summed E-state index contributed by atoms with van der Waals surface area (Å²) in [6, 6.07) is 15.3. The predicted molar refractivity (Wildman–Crippen MR) is 126 cm³/mol. The van der Waals surface area contributed by atoms with Gasteiger partial charge >= 0.3 is 5.97 Å². The molecule has 6 atom stereocenters. The van der Waals surface area contributed by atoms with Crippen LogP contribution in [0.4, 0.5) is 0 Å². The number of nitrogens with one attached hydrogen (secondary N) is 1. The standard InChI is InChI=1S/C25H30N2O8/c1-2-12-34-25(24(32)33)13-18(28)20(26)22(35-25)21(30)19(29)14-27-23(31)17-10-8-16(9-11-17)15-6-4-3-5-7-15/h2-11,18-22,28-30H,1,12-14,26H2,(H,27,31)(H,32,33)/t18?,19-,20?,21+,22?,25?/m1/s1. The van der Waals surface area contributed by atoms with Crippen molar-refractivity contribution in [3.8, 4) is 11.1 Å². The van der Waals surface area contributed by atoms with Gasteiger partial charge in [0.15, 0.2) is 0 Å². The van der Waals surface area contributed by atoms with Crippen molar-refractivity contribution < 1.29 is 39.5 Å². The van der Waals surface area contributed by atoms with E-state index in [2.05, 4.69) is 11.9 Å². The Morgan fingerprint density at radius 2 is 1.80 bits per heavy atom. The molecule has 0 spiro atoms. The van der Waals surface area contributed by atoms with Crippen LogP contribution in [0.25, 0.3) is 11.1 Å². The molecular formula is C25H30N2O8. The van der Waals surface area contributed by atoms with E-state index in [1.165, 1.54) is 6.08 Å². The van der Waals surface area contributed by atoms with Gasteiger partial charge in [0.25, 0.3) is 11.7 Å². The molecule has 10 nitrogen and oxygen atoms in total. The summed E-state index contributed by atoms with van der Waals surface area (Å²) in [6.45, 7) is 2.87. The van der Waals surface area contributed by atoms with E-state index in [0.29, 0.717) is 5.56 Å². The monoisotopic (exact) mass is 486 g/mol. The van der Waals surface area contributed by atoms with E-state index in [0.717, 1.165) is 11.1 Å². The Kier molecular flexibility index (Phi) is 8.73. The number of carboxylic acids is 1. The number of benzene rings is 2. The largest absolute Gasteiger partial charge is 0.477 e. The normalized spacial score (nSPS) is 25.9. The molecule has 0 radical (unpaired) electrons. The van der Waals surface area contributed by atoms with Gasteiger partial charge in [0.2, 0.25) is 0 Å². The van der Waals surface area contributed by atoms with Gasteiger partial charge in [-0.15, -0.1) is 6.58 Å². The number of hydrogen-bond donors (Lipinski definition) is 6. The van der Waals surface area contributed by atoms with Crippen LogP contribution >= 0.6 is 0 Å². The molecule has 1 saturated heterocycles. The first-order valence-corrected chi connectivity index (χ1v) is 11.1. The second kappa shape index (κ2) is 11.5. The van der Waals surface area contributed by atoms with Crippen molar-refractivity contribution in [2.24, 2.45) is 5.73 Å². The van der Waals surface area contributed by atoms with E-state index in [4.69, 9.17) is 15.2 Å². The molecule has 0 aliphatic carbocycles. The van der Waals surface area contributed by atoms with E-state index in [1.807, 2.05) is 30.3 Å². The molecule has 2 aromatic carbocycles. The highest BCUT2D eigenvalue weighted by atomic mass is 16.7. The molecule has 0 aromatic heterocycles. The second-order valence-electron chi connectivity index (χ2n) is 8.30. The van der Waals surface area contributed by atoms with E-state index in [-0.39, 0.29) is 13.2 Å². The lowest BCUT2D eigenvalue weighted by Gasteiger charge is -2.45. The van der Waals surface area contributed by atoms with E-state index >= 15 is 0 Å². The summed E-state index contributed by atoms with van der Waals surface area (Å²) in [5.41, 5.74) is 8.19. The van der Waals surface area contributed by atoms with Crippen LogP contribution in [0.1, 0.15) is 16.8 Å². The van der Waals surface area contributed by atoms with Crippen LogP contribution < -0.4 is 11.1 Å². The second-order valence-corrected chi connectivity index (χ2v) is 8.30. The molecule has 1 amide bonds. The minimum atomic E-state index is -2.28. The van der Waals surface area contributed by atoms with Gasteiger partial charge in [-0.05, 0) is 23.3 Å². The molecule has 3 rings (SSSR count). The first-order chi connectivity index (χ1) is 16.7. The summed E-state index contributed by atoms with van der Waals surface area (Å²) in [6.07, 6.45) is -5.36. The average Bonchev–Trinajstić information content (AvgIpc) is 2.87. The summed E-state index contributed by atoms with van der Waals surface area (Å²) < 4.78 is 10.7. The van der Waals surface area contributed by atoms with Crippen LogP contribution in [0, 0.1) is 0 Å². The average molecular weight is 487 g/mol. The summed E-state index contributed by atoms with van der Waals surface area (Å²) in [5, 5.41) is 43.5. The molecule has 0 bridgehead atoms. The first kappa shape index (κ1) is 26.5. The topological polar surface area (TPSA) is 172 Å². The molecule has 4 unspecified atom stereocenters. The minimum Gasteiger partial charge on any atom is -0.477 e. The SMILES string of the molecule is C=CCOC1(C(=O)O)CC(O)C(N)C([C@@H](O)[C@H](O)CNC(=O)c2ccc(-c3ccccc3)cc2)O1. The molecule has 1 aliphatic rings. The Morgan fingerprint density at radius 1 is 1.17 bits per heavy atom.